The third kappa shape index (κ3) is 3.17. The van der Waals surface area contributed by atoms with Gasteiger partial charge in [-0.1, -0.05) is 0 Å². The molecule has 1 fully saturated rings. The Kier molecular flexibility index (Phi) is 4.39. The van der Waals surface area contributed by atoms with E-state index in [-0.39, 0.29) is 11.5 Å². The van der Waals surface area contributed by atoms with E-state index in [1.54, 1.807) is 13.0 Å². The fraction of sp³-hybridized carbons (Fsp3) is 0.467. The van der Waals surface area contributed by atoms with Crippen molar-refractivity contribution in [2.45, 2.75) is 39.2 Å². The average molecular weight is 277 g/mol. The van der Waals surface area contributed by atoms with Crippen LogP contribution < -0.4 is 5.32 Å². The molecule has 1 unspecified atom stereocenters. The molecule has 1 aliphatic heterocycles. The minimum Gasteiger partial charge on any atom is -0.478 e. The number of amides is 1. The van der Waals surface area contributed by atoms with Gasteiger partial charge in [-0.3, -0.25) is 4.79 Å². The molecule has 1 saturated heterocycles. The van der Waals surface area contributed by atoms with Gasteiger partial charge in [0.05, 0.1) is 5.56 Å². The number of anilines is 1. The zero-order chi connectivity index (χ0) is 14.7. The highest BCUT2D eigenvalue weighted by Crippen LogP contribution is 2.21. The van der Waals surface area contributed by atoms with Crippen molar-refractivity contribution in [2.24, 2.45) is 0 Å². The molecule has 1 heterocycles. The molecule has 2 N–H and O–H groups in total. The summed E-state index contributed by atoms with van der Waals surface area (Å²) in [5, 5.41) is 11.9. The van der Waals surface area contributed by atoms with Crippen LogP contribution >= 0.6 is 0 Å². The Hall–Kier alpha value is -1.88. The van der Waals surface area contributed by atoms with E-state index in [2.05, 4.69) is 5.32 Å². The molecule has 2 rings (SSSR count). The number of carbonyl (C=O) groups excluding carboxylic acids is 1. The van der Waals surface area contributed by atoms with Crippen molar-refractivity contribution in [1.29, 1.82) is 0 Å². The summed E-state index contributed by atoms with van der Waals surface area (Å²) < 4.78 is 5.42. The van der Waals surface area contributed by atoms with Crippen LogP contribution in [0.1, 0.15) is 40.7 Å². The van der Waals surface area contributed by atoms with E-state index in [0.717, 1.165) is 18.4 Å². The molecule has 0 aliphatic carbocycles. The Morgan fingerprint density at radius 1 is 1.30 bits per heavy atom. The number of aromatic carboxylic acids is 1. The Labute approximate surface area is 117 Å². The van der Waals surface area contributed by atoms with E-state index in [4.69, 9.17) is 9.84 Å². The Morgan fingerprint density at radius 2 is 2.05 bits per heavy atom. The van der Waals surface area contributed by atoms with Gasteiger partial charge in [0.15, 0.2) is 0 Å². The number of rotatable bonds is 3. The molecule has 0 aromatic heterocycles. The van der Waals surface area contributed by atoms with Gasteiger partial charge in [0.2, 0.25) is 0 Å². The SMILES string of the molecule is Cc1cc(NC(=O)C2CCCCO2)cc(C(=O)O)c1C. The first-order valence-electron chi connectivity index (χ1n) is 6.76. The van der Waals surface area contributed by atoms with Crippen LogP contribution in [0.4, 0.5) is 5.69 Å². The van der Waals surface area contributed by atoms with Crippen molar-refractivity contribution in [2.75, 3.05) is 11.9 Å². The lowest BCUT2D eigenvalue weighted by Gasteiger charge is -2.22. The Balaban J connectivity index is 2.16. The van der Waals surface area contributed by atoms with E-state index in [0.29, 0.717) is 24.3 Å². The molecule has 5 nitrogen and oxygen atoms in total. The summed E-state index contributed by atoms with van der Waals surface area (Å²) in [5.41, 5.74) is 2.27. The van der Waals surface area contributed by atoms with Gasteiger partial charge < -0.3 is 15.2 Å². The number of aryl methyl sites for hydroxylation is 1. The lowest BCUT2D eigenvalue weighted by atomic mass is 10.0. The molecule has 0 radical (unpaired) electrons. The van der Waals surface area contributed by atoms with Crippen LogP contribution in [-0.2, 0) is 9.53 Å². The monoisotopic (exact) mass is 277 g/mol. The normalized spacial score (nSPS) is 18.6. The van der Waals surface area contributed by atoms with Crippen molar-refractivity contribution in [3.63, 3.8) is 0 Å². The minimum atomic E-state index is -0.990. The molecule has 0 spiro atoms. The van der Waals surface area contributed by atoms with Gasteiger partial charge in [-0.25, -0.2) is 4.79 Å². The number of carbonyl (C=O) groups is 2. The molecule has 108 valence electrons. The molecule has 20 heavy (non-hydrogen) atoms. The zero-order valence-electron chi connectivity index (χ0n) is 11.7. The van der Waals surface area contributed by atoms with Crippen LogP contribution in [0, 0.1) is 13.8 Å². The molecular formula is C15H19NO4. The summed E-state index contributed by atoms with van der Waals surface area (Å²) >= 11 is 0. The topological polar surface area (TPSA) is 75.6 Å². The Morgan fingerprint density at radius 3 is 2.65 bits per heavy atom. The van der Waals surface area contributed by atoms with E-state index in [9.17, 15) is 9.59 Å². The van der Waals surface area contributed by atoms with E-state index < -0.39 is 12.1 Å². The number of hydrogen-bond acceptors (Lipinski definition) is 3. The minimum absolute atomic E-state index is 0.204. The number of carboxylic acids is 1. The lowest BCUT2D eigenvalue weighted by molar-refractivity contribution is -0.129. The molecular weight excluding hydrogens is 258 g/mol. The largest absolute Gasteiger partial charge is 0.478 e. The Bertz CT molecular complexity index is 533. The molecule has 1 aromatic carbocycles. The summed E-state index contributed by atoms with van der Waals surface area (Å²) in [6.45, 7) is 4.19. The second kappa shape index (κ2) is 6.05. The van der Waals surface area contributed by atoms with E-state index >= 15 is 0 Å². The van der Waals surface area contributed by atoms with Gasteiger partial charge in [0.1, 0.15) is 6.10 Å². The summed E-state index contributed by atoms with van der Waals surface area (Å²) in [6.07, 6.45) is 2.24. The first-order chi connectivity index (χ1) is 9.49. The maximum atomic E-state index is 12.1. The van der Waals surface area contributed by atoms with E-state index in [1.165, 1.54) is 6.07 Å². The molecule has 0 bridgehead atoms. The van der Waals surface area contributed by atoms with Crippen molar-refractivity contribution in [3.05, 3.63) is 28.8 Å². The standard InChI is InChI=1S/C15H19NO4/c1-9-7-11(8-12(10(9)2)15(18)19)16-14(17)13-5-3-4-6-20-13/h7-8,13H,3-6H2,1-2H3,(H,16,17)(H,18,19). The van der Waals surface area contributed by atoms with Gasteiger partial charge in [0, 0.05) is 12.3 Å². The van der Waals surface area contributed by atoms with Gasteiger partial charge in [-0.05, 0) is 56.4 Å². The molecule has 1 aliphatic rings. The van der Waals surface area contributed by atoms with Crippen LogP contribution in [0.25, 0.3) is 0 Å². The smallest absolute Gasteiger partial charge is 0.336 e. The maximum absolute atomic E-state index is 12.1. The van der Waals surface area contributed by atoms with Crippen LogP contribution in [0.5, 0.6) is 0 Å². The second-order valence-electron chi connectivity index (χ2n) is 5.12. The summed E-state index contributed by atoms with van der Waals surface area (Å²) in [7, 11) is 0. The predicted molar refractivity (Wildman–Crippen MR) is 75.1 cm³/mol. The highest BCUT2D eigenvalue weighted by atomic mass is 16.5. The molecule has 1 aromatic rings. The first-order valence-corrected chi connectivity index (χ1v) is 6.76. The molecule has 1 atom stereocenters. The average Bonchev–Trinajstić information content (AvgIpc) is 2.43. The number of ether oxygens (including phenoxy) is 1. The second-order valence-corrected chi connectivity index (χ2v) is 5.12. The molecule has 1 amide bonds. The molecule has 0 saturated carbocycles. The number of carboxylic acid groups (broad SMARTS) is 1. The van der Waals surface area contributed by atoms with Crippen LogP contribution in [-0.4, -0.2) is 29.7 Å². The first kappa shape index (κ1) is 14.5. The quantitative estimate of drug-likeness (QED) is 0.890. The zero-order valence-corrected chi connectivity index (χ0v) is 11.7. The van der Waals surface area contributed by atoms with Gasteiger partial charge in [-0.15, -0.1) is 0 Å². The summed E-state index contributed by atoms with van der Waals surface area (Å²) in [5.74, 6) is -1.19. The number of benzene rings is 1. The van der Waals surface area contributed by atoms with Gasteiger partial charge >= 0.3 is 5.97 Å². The fourth-order valence-corrected chi connectivity index (χ4v) is 2.32. The number of hydrogen-bond donors (Lipinski definition) is 2. The number of nitrogens with one attached hydrogen (secondary N) is 1. The van der Waals surface area contributed by atoms with E-state index in [1.807, 2.05) is 6.92 Å². The highest BCUT2D eigenvalue weighted by molar-refractivity contribution is 5.97. The predicted octanol–water partition coefficient (Wildman–Crippen LogP) is 2.51. The van der Waals surface area contributed by atoms with Crippen LogP contribution in [0.15, 0.2) is 12.1 Å². The van der Waals surface area contributed by atoms with Crippen molar-refractivity contribution < 1.29 is 19.4 Å². The molecule has 5 heteroatoms. The van der Waals surface area contributed by atoms with Crippen LogP contribution in [0.3, 0.4) is 0 Å². The van der Waals surface area contributed by atoms with Crippen molar-refractivity contribution >= 4 is 17.6 Å². The van der Waals surface area contributed by atoms with Crippen LogP contribution in [0.2, 0.25) is 0 Å². The third-order valence-electron chi connectivity index (χ3n) is 3.64. The van der Waals surface area contributed by atoms with Gasteiger partial charge in [0.25, 0.3) is 5.91 Å². The van der Waals surface area contributed by atoms with Gasteiger partial charge in [-0.2, -0.15) is 0 Å². The maximum Gasteiger partial charge on any atom is 0.336 e. The lowest BCUT2D eigenvalue weighted by Crippen LogP contribution is -2.33. The summed E-state index contributed by atoms with van der Waals surface area (Å²) in [4.78, 5) is 23.2. The van der Waals surface area contributed by atoms with Crippen molar-refractivity contribution in [1.82, 2.24) is 0 Å². The van der Waals surface area contributed by atoms with Crippen molar-refractivity contribution in [3.8, 4) is 0 Å². The summed E-state index contributed by atoms with van der Waals surface area (Å²) in [6, 6.07) is 3.27. The highest BCUT2D eigenvalue weighted by Gasteiger charge is 2.22. The third-order valence-corrected chi connectivity index (χ3v) is 3.64. The fourth-order valence-electron chi connectivity index (χ4n) is 2.32.